The van der Waals surface area contributed by atoms with Gasteiger partial charge in [0.05, 0.1) is 41.4 Å². The average Bonchev–Trinajstić information content (AvgIpc) is 4.21. The van der Waals surface area contributed by atoms with Crippen LogP contribution in [0.4, 0.5) is 11.4 Å². The topological polar surface area (TPSA) is 193 Å². The number of aryl methyl sites for hydroxylation is 3. The maximum absolute atomic E-state index is 14.4. The minimum atomic E-state index is -0.844. The first-order chi connectivity index (χ1) is 36.5. The van der Waals surface area contributed by atoms with Crippen LogP contribution in [0.15, 0.2) is 87.6 Å². The van der Waals surface area contributed by atoms with E-state index in [-0.39, 0.29) is 60.1 Å². The van der Waals surface area contributed by atoms with Gasteiger partial charge < -0.3 is 48.8 Å². The van der Waals surface area contributed by atoms with Crippen LogP contribution in [0.3, 0.4) is 0 Å². The second-order valence-electron chi connectivity index (χ2n) is 20.6. The first kappa shape index (κ1) is 55.4. The van der Waals surface area contributed by atoms with Gasteiger partial charge >= 0.3 is 0 Å². The normalized spacial score (nSPS) is 16.6. The Bertz CT molecular complexity index is 3020. The van der Waals surface area contributed by atoms with Gasteiger partial charge in [0.25, 0.3) is 17.3 Å². The molecule has 2 aliphatic heterocycles. The van der Waals surface area contributed by atoms with Crippen LogP contribution in [0.25, 0.3) is 21.6 Å². The van der Waals surface area contributed by atoms with Gasteiger partial charge in [0.1, 0.15) is 23.4 Å². The molecule has 0 aliphatic carbocycles. The standard InChI is InChI=1S/C59H73N7O9S/c1-10-65(45-22-26-72-27-23-45)49-30-44(29-48(38(49)6)58(70)64(9)54-36(4)28-37(5)61-57(54)69)42-18-20-47(21-19-42)73-24-12-11-13-25-74-52-32-51(75-63-52)53(35(2)3)59(71)66-33-46(67)31-50(66)56(68)62-39(7)41-14-16-43(17-15-41)55-40(8)60-34-76-55/h14-21,28-30,32,34-35,39,45-46,50,53,67H,10-13,22-27,31,33H2,1-9H3,(H,61,69)(H,62,68)/t39-,46+,50-,53?/m0/s1. The lowest BCUT2D eigenvalue weighted by Gasteiger charge is -2.37. The minimum absolute atomic E-state index is 0.0385. The fourth-order valence-corrected chi connectivity index (χ4v) is 11.5. The predicted octanol–water partition coefficient (Wildman–Crippen LogP) is 9.88. The summed E-state index contributed by atoms with van der Waals surface area (Å²) in [6, 6.07) is 22.6. The molecule has 3 aromatic heterocycles. The number of pyridine rings is 1. The van der Waals surface area contributed by atoms with Gasteiger partial charge in [-0.3, -0.25) is 19.2 Å². The fourth-order valence-electron chi connectivity index (χ4n) is 10.6. The van der Waals surface area contributed by atoms with Crippen LogP contribution in [0.2, 0.25) is 0 Å². The monoisotopic (exact) mass is 1060 g/mol. The largest absolute Gasteiger partial charge is 0.494 e. The Morgan fingerprint density at radius 3 is 2.26 bits per heavy atom. The van der Waals surface area contributed by atoms with Gasteiger partial charge in [-0.2, -0.15) is 0 Å². The number of aromatic amines is 1. The molecular formula is C59H73N7O9S. The molecule has 3 amide bonds. The van der Waals surface area contributed by atoms with E-state index in [1.54, 1.807) is 24.5 Å². The number of hydrogen-bond acceptors (Lipinski definition) is 13. The van der Waals surface area contributed by atoms with Crippen LogP contribution in [0, 0.1) is 33.6 Å². The van der Waals surface area contributed by atoms with E-state index in [9.17, 15) is 24.3 Å². The molecule has 2 aliphatic rings. The van der Waals surface area contributed by atoms with E-state index < -0.39 is 18.1 Å². The highest BCUT2D eigenvalue weighted by Crippen LogP contribution is 2.37. The summed E-state index contributed by atoms with van der Waals surface area (Å²) in [6.45, 7) is 18.6. The third-order valence-corrected chi connectivity index (χ3v) is 15.7. The first-order valence-electron chi connectivity index (χ1n) is 26.6. The van der Waals surface area contributed by atoms with Crippen molar-refractivity contribution < 1.29 is 38.2 Å². The maximum Gasteiger partial charge on any atom is 0.272 e. The molecule has 5 heterocycles. The SMILES string of the molecule is CCN(c1cc(-c2ccc(OCCCCCOc3cc(C(C(=O)N4C[C@H](O)C[C@H]4C(=O)N[C@@H](C)c4ccc(-c5scnc5C)cc4)C(C)C)on3)cc2)cc(C(=O)N(C)c2c(C)cc(C)[nH]c2=O)c1C)C1CCOCC1. The van der Waals surface area contributed by atoms with E-state index in [2.05, 4.69) is 38.3 Å². The highest BCUT2D eigenvalue weighted by Gasteiger charge is 2.43. The van der Waals surface area contributed by atoms with Crippen molar-refractivity contribution in [2.75, 3.05) is 56.4 Å². The number of aliphatic hydroxyl groups excluding tert-OH is 1. The summed E-state index contributed by atoms with van der Waals surface area (Å²) in [4.78, 5) is 69.1. The first-order valence-corrected chi connectivity index (χ1v) is 27.5. The maximum atomic E-state index is 14.4. The van der Waals surface area contributed by atoms with Gasteiger partial charge in [0.15, 0.2) is 5.76 Å². The number of aromatic nitrogens is 3. The molecule has 2 fully saturated rings. The molecular weight excluding hydrogens is 983 g/mol. The molecule has 1 unspecified atom stereocenters. The zero-order chi connectivity index (χ0) is 54.2. The number of benzene rings is 3. The number of carbonyl (C=O) groups excluding carboxylic acids is 3. The van der Waals surface area contributed by atoms with E-state index in [0.29, 0.717) is 43.4 Å². The number of nitrogens with zero attached hydrogens (tertiary/aromatic N) is 5. The number of carbonyl (C=O) groups is 3. The molecule has 3 N–H and O–H groups in total. The molecule has 76 heavy (non-hydrogen) atoms. The summed E-state index contributed by atoms with van der Waals surface area (Å²) in [5.74, 6) is -0.484. The van der Waals surface area contributed by atoms with E-state index in [1.807, 2.05) is 115 Å². The predicted molar refractivity (Wildman–Crippen MR) is 297 cm³/mol. The molecule has 0 saturated carbocycles. The summed E-state index contributed by atoms with van der Waals surface area (Å²) >= 11 is 1.58. The summed E-state index contributed by atoms with van der Waals surface area (Å²) in [7, 11) is 1.66. The number of aliphatic hydroxyl groups is 1. The molecule has 16 nitrogen and oxygen atoms in total. The van der Waals surface area contributed by atoms with Gasteiger partial charge in [-0.1, -0.05) is 50.2 Å². The zero-order valence-corrected chi connectivity index (χ0v) is 46.1. The Hall–Kier alpha value is -6.82. The average molecular weight is 1060 g/mol. The highest BCUT2D eigenvalue weighted by molar-refractivity contribution is 7.13. The second-order valence-corrected chi connectivity index (χ2v) is 21.4. The molecule has 4 atom stereocenters. The van der Waals surface area contributed by atoms with Gasteiger partial charge in [-0.15, -0.1) is 11.3 Å². The van der Waals surface area contributed by atoms with Crippen molar-refractivity contribution in [3.8, 4) is 33.2 Å². The molecule has 6 aromatic rings. The second kappa shape index (κ2) is 24.9. The Morgan fingerprint density at radius 1 is 0.908 bits per heavy atom. The number of β-amino-alcohol motifs (C(OH)–C–C–N with tert-alkyl or cyclic N) is 1. The van der Waals surface area contributed by atoms with E-state index in [1.165, 1.54) is 9.80 Å². The van der Waals surface area contributed by atoms with E-state index in [4.69, 9.17) is 18.7 Å². The fraction of sp³-hybridized carbons (Fsp3) is 0.458. The number of unbranched alkanes of at least 4 members (excludes halogenated alkanes) is 2. The van der Waals surface area contributed by atoms with Crippen molar-refractivity contribution in [2.24, 2.45) is 5.92 Å². The number of ether oxygens (including phenoxy) is 3. The summed E-state index contributed by atoms with van der Waals surface area (Å²) in [5.41, 5.74) is 10.5. The molecule has 0 radical (unpaired) electrons. The van der Waals surface area contributed by atoms with Crippen molar-refractivity contribution in [2.45, 2.75) is 124 Å². The molecule has 8 rings (SSSR count). The van der Waals surface area contributed by atoms with Crippen LogP contribution in [-0.2, 0) is 14.3 Å². The van der Waals surface area contributed by atoms with Gasteiger partial charge in [0, 0.05) is 68.8 Å². The Kier molecular flexibility index (Phi) is 18.2. The van der Waals surface area contributed by atoms with Gasteiger partial charge in [-0.25, -0.2) is 4.98 Å². The number of likely N-dealkylation sites (tertiary alicyclic amines) is 1. The van der Waals surface area contributed by atoms with Crippen molar-refractivity contribution in [1.29, 1.82) is 0 Å². The van der Waals surface area contributed by atoms with Crippen LogP contribution >= 0.6 is 11.3 Å². The zero-order valence-electron chi connectivity index (χ0n) is 45.3. The van der Waals surface area contributed by atoms with Gasteiger partial charge in [0.2, 0.25) is 11.8 Å². The Labute approximate surface area is 449 Å². The molecule has 0 bridgehead atoms. The number of nitrogens with one attached hydrogen (secondary N) is 2. The molecule has 404 valence electrons. The summed E-state index contributed by atoms with van der Waals surface area (Å²) in [6.07, 6.45) is 3.45. The summed E-state index contributed by atoms with van der Waals surface area (Å²) in [5, 5.41) is 17.9. The van der Waals surface area contributed by atoms with Crippen molar-refractivity contribution in [3.05, 3.63) is 128 Å². The number of thiazole rings is 1. The number of H-pyrrole nitrogens is 1. The quantitative estimate of drug-likeness (QED) is 0.0579. The number of amides is 3. The lowest BCUT2D eigenvalue weighted by atomic mass is 9.91. The number of hydrogen-bond donors (Lipinski definition) is 3. The smallest absolute Gasteiger partial charge is 0.272 e. The van der Waals surface area contributed by atoms with Gasteiger partial charge in [-0.05, 0) is 148 Å². The van der Waals surface area contributed by atoms with Crippen LogP contribution in [-0.4, -0.2) is 108 Å². The van der Waals surface area contributed by atoms with Crippen LogP contribution in [0.1, 0.15) is 122 Å². The highest BCUT2D eigenvalue weighted by atomic mass is 32.1. The van der Waals surface area contributed by atoms with E-state index in [0.717, 1.165) is 99.7 Å². The summed E-state index contributed by atoms with van der Waals surface area (Å²) < 4.78 is 23.5. The lowest BCUT2D eigenvalue weighted by Crippen LogP contribution is -2.48. The molecule has 3 aromatic carbocycles. The lowest BCUT2D eigenvalue weighted by molar-refractivity contribution is -0.141. The Morgan fingerprint density at radius 2 is 1.61 bits per heavy atom. The van der Waals surface area contributed by atoms with Crippen molar-refractivity contribution in [1.82, 2.24) is 25.3 Å². The molecule has 2 saturated heterocycles. The van der Waals surface area contributed by atoms with Crippen LogP contribution < -0.4 is 30.1 Å². The number of anilines is 2. The third-order valence-electron chi connectivity index (χ3n) is 14.7. The van der Waals surface area contributed by atoms with Crippen molar-refractivity contribution in [3.63, 3.8) is 0 Å². The number of rotatable bonds is 21. The third kappa shape index (κ3) is 12.7. The molecule has 0 spiro atoms. The van der Waals surface area contributed by atoms with E-state index >= 15 is 0 Å². The minimum Gasteiger partial charge on any atom is -0.494 e. The van der Waals surface area contributed by atoms with Crippen molar-refractivity contribution >= 4 is 40.4 Å². The Balaban J connectivity index is 0.835. The molecule has 17 heteroatoms. The van der Waals surface area contributed by atoms with Crippen LogP contribution in [0.5, 0.6) is 11.6 Å².